The average Bonchev–Trinajstić information content (AvgIpc) is 2.90. The van der Waals surface area contributed by atoms with Crippen molar-refractivity contribution in [2.45, 2.75) is 44.7 Å². The summed E-state index contributed by atoms with van der Waals surface area (Å²) in [5.74, 6) is -2.37. The van der Waals surface area contributed by atoms with Crippen LogP contribution in [0, 0.1) is 11.2 Å². The van der Waals surface area contributed by atoms with E-state index < -0.39 is 29.5 Å². The molecule has 0 radical (unpaired) electrons. The van der Waals surface area contributed by atoms with Crippen molar-refractivity contribution in [2.75, 3.05) is 33.0 Å². The van der Waals surface area contributed by atoms with Gasteiger partial charge in [0.25, 0.3) is 5.91 Å². The lowest BCUT2D eigenvalue weighted by Crippen LogP contribution is -2.57. The smallest absolute Gasteiger partial charge is 0.467 e. The third kappa shape index (κ3) is 5.46. The maximum absolute atomic E-state index is 14.2. The van der Waals surface area contributed by atoms with Gasteiger partial charge in [0.2, 0.25) is 0 Å². The van der Waals surface area contributed by atoms with Crippen molar-refractivity contribution >= 4 is 11.9 Å². The quantitative estimate of drug-likeness (QED) is 0.435. The zero-order chi connectivity index (χ0) is 26.9. The van der Waals surface area contributed by atoms with Crippen LogP contribution in [-0.4, -0.2) is 71.9 Å². The molecule has 2 fully saturated rings. The van der Waals surface area contributed by atoms with Crippen LogP contribution in [0.3, 0.4) is 0 Å². The van der Waals surface area contributed by atoms with Crippen LogP contribution in [0.1, 0.15) is 40.7 Å². The van der Waals surface area contributed by atoms with Crippen LogP contribution in [0.2, 0.25) is 0 Å². The molecule has 4 heterocycles. The molecule has 1 spiro atoms. The van der Waals surface area contributed by atoms with Crippen molar-refractivity contribution in [1.29, 1.82) is 0 Å². The standard InChI is InChI=1S/C26H27F4N3O5/c27-20-11-18(22-19(12-20)15-36-16-37-22)13-32-8-3-25(21(14-32)38-24(35)26(28,29)30)4-9-33(10-5-25)23(34)17-1-6-31-7-2-17/h1-2,6-7,11-12,21H,3-5,8-10,13-16H2. The van der Waals surface area contributed by atoms with Gasteiger partial charge in [-0.05, 0) is 50.1 Å². The van der Waals surface area contributed by atoms with Gasteiger partial charge >= 0.3 is 12.1 Å². The lowest BCUT2D eigenvalue weighted by atomic mass is 9.69. The van der Waals surface area contributed by atoms with Gasteiger partial charge in [-0.1, -0.05) is 0 Å². The topological polar surface area (TPSA) is 81.2 Å². The summed E-state index contributed by atoms with van der Waals surface area (Å²) >= 11 is 0. The molecule has 1 amide bonds. The Kier molecular flexibility index (Phi) is 7.28. The van der Waals surface area contributed by atoms with Crippen molar-refractivity contribution in [3.8, 4) is 5.75 Å². The van der Waals surface area contributed by atoms with Crippen molar-refractivity contribution in [3.05, 3.63) is 59.2 Å². The second-order valence-corrected chi connectivity index (χ2v) is 9.93. The van der Waals surface area contributed by atoms with E-state index in [-0.39, 0.29) is 32.4 Å². The van der Waals surface area contributed by atoms with E-state index in [2.05, 4.69) is 4.98 Å². The summed E-state index contributed by atoms with van der Waals surface area (Å²) in [5.41, 5.74) is 0.888. The fourth-order valence-corrected chi connectivity index (χ4v) is 5.58. The van der Waals surface area contributed by atoms with Gasteiger partial charge < -0.3 is 19.1 Å². The van der Waals surface area contributed by atoms with Crippen LogP contribution in [-0.2, 0) is 27.4 Å². The van der Waals surface area contributed by atoms with E-state index in [0.29, 0.717) is 61.3 Å². The van der Waals surface area contributed by atoms with Crippen LogP contribution in [0.5, 0.6) is 5.75 Å². The Labute approximate surface area is 216 Å². The number of rotatable bonds is 4. The van der Waals surface area contributed by atoms with E-state index in [9.17, 15) is 27.2 Å². The third-order valence-electron chi connectivity index (χ3n) is 7.63. The predicted molar refractivity (Wildman–Crippen MR) is 124 cm³/mol. The summed E-state index contributed by atoms with van der Waals surface area (Å²) < 4.78 is 69.7. The van der Waals surface area contributed by atoms with E-state index in [4.69, 9.17) is 14.2 Å². The summed E-state index contributed by atoms with van der Waals surface area (Å²) in [6, 6.07) is 5.90. The van der Waals surface area contributed by atoms with E-state index in [0.717, 1.165) is 0 Å². The summed E-state index contributed by atoms with van der Waals surface area (Å²) in [7, 11) is 0. The molecule has 1 aromatic carbocycles. The molecule has 1 atom stereocenters. The van der Waals surface area contributed by atoms with Gasteiger partial charge in [0, 0.05) is 60.7 Å². The van der Waals surface area contributed by atoms with Gasteiger partial charge in [-0.25, -0.2) is 9.18 Å². The number of piperidine rings is 2. The number of aromatic nitrogens is 1. The Morgan fingerprint density at radius 3 is 2.53 bits per heavy atom. The van der Waals surface area contributed by atoms with E-state index in [1.54, 1.807) is 17.0 Å². The number of fused-ring (bicyclic) bond motifs is 1. The minimum Gasteiger partial charge on any atom is -0.467 e. The highest BCUT2D eigenvalue weighted by molar-refractivity contribution is 5.94. The number of likely N-dealkylation sites (tertiary alicyclic amines) is 2. The zero-order valence-electron chi connectivity index (χ0n) is 20.5. The second-order valence-electron chi connectivity index (χ2n) is 9.93. The highest BCUT2D eigenvalue weighted by Crippen LogP contribution is 2.44. The number of carbonyl (C=O) groups excluding carboxylic acids is 2. The summed E-state index contributed by atoms with van der Waals surface area (Å²) in [4.78, 5) is 32.2. The molecule has 2 saturated heterocycles. The number of halogens is 4. The number of hydrogen-bond acceptors (Lipinski definition) is 7. The number of carbonyl (C=O) groups is 2. The number of benzene rings is 1. The summed E-state index contributed by atoms with van der Waals surface area (Å²) in [6.07, 6.45) is -1.88. The molecule has 3 aliphatic rings. The lowest BCUT2D eigenvalue weighted by molar-refractivity contribution is -0.216. The Morgan fingerprint density at radius 1 is 1.11 bits per heavy atom. The highest BCUT2D eigenvalue weighted by Gasteiger charge is 2.51. The molecular formula is C26H27F4N3O5. The molecule has 0 bridgehead atoms. The van der Waals surface area contributed by atoms with Gasteiger partial charge in [0.1, 0.15) is 17.7 Å². The van der Waals surface area contributed by atoms with Crippen molar-refractivity contribution < 1.29 is 41.4 Å². The Morgan fingerprint density at radius 2 is 1.82 bits per heavy atom. The SMILES string of the molecule is O=C(c1ccncc1)N1CCC2(CCN(Cc3cc(F)cc4c3OCOC4)CC2OC(=O)C(F)(F)F)CC1. The minimum atomic E-state index is -5.13. The largest absolute Gasteiger partial charge is 0.490 e. The minimum absolute atomic E-state index is 0.0231. The number of alkyl halides is 3. The number of nitrogens with zero attached hydrogens (tertiary/aromatic N) is 3. The molecule has 0 aliphatic carbocycles. The fraction of sp³-hybridized carbons (Fsp3) is 0.500. The van der Waals surface area contributed by atoms with E-state index >= 15 is 0 Å². The maximum Gasteiger partial charge on any atom is 0.490 e. The average molecular weight is 538 g/mol. The zero-order valence-corrected chi connectivity index (χ0v) is 20.5. The van der Waals surface area contributed by atoms with Gasteiger partial charge in [-0.15, -0.1) is 0 Å². The first-order valence-corrected chi connectivity index (χ1v) is 12.4. The third-order valence-corrected chi connectivity index (χ3v) is 7.63. The van der Waals surface area contributed by atoms with Crippen LogP contribution < -0.4 is 4.74 Å². The van der Waals surface area contributed by atoms with Crippen LogP contribution in [0.4, 0.5) is 17.6 Å². The van der Waals surface area contributed by atoms with Crippen LogP contribution >= 0.6 is 0 Å². The van der Waals surface area contributed by atoms with Gasteiger partial charge in [-0.2, -0.15) is 13.2 Å². The Hall–Kier alpha value is -3.25. The number of esters is 1. The van der Waals surface area contributed by atoms with Crippen LogP contribution in [0.25, 0.3) is 0 Å². The maximum atomic E-state index is 14.2. The monoisotopic (exact) mass is 537 g/mol. The van der Waals surface area contributed by atoms with E-state index in [1.165, 1.54) is 24.5 Å². The predicted octanol–water partition coefficient (Wildman–Crippen LogP) is 3.69. The first kappa shape index (κ1) is 26.4. The number of ether oxygens (including phenoxy) is 3. The molecule has 0 N–H and O–H groups in total. The van der Waals surface area contributed by atoms with Gasteiger partial charge in [-0.3, -0.25) is 14.7 Å². The normalized spacial score (nSPS) is 21.5. The summed E-state index contributed by atoms with van der Waals surface area (Å²) in [6.45, 7) is 1.63. The van der Waals surface area contributed by atoms with Crippen molar-refractivity contribution in [2.24, 2.45) is 5.41 Å². The van der Waals surface area contributed by atoms with Crippen molar-refractivity contribution in [3.63, 3.8) is 0 Å². The van der Waals surface area contributed by atoms with Crippen molar-refractivity contribution in [1.82, 2.24) is 14.8 Å². The highest BCUT2D eigenvalue weighted by atomic mass is 19.4. The number of hydrogen-bond donors (Lipinski definition) is 0. The fourth-order valence-electron chi connectivity index (χ4n) is 5.58. The molecule has 8 nitrogen and oxygen atoms in total. The molecule has 5 rings (SSSR count). The number of pyridine rings is 1. The molecule has 3 aliphatic heterocycles. The molecular weight excluding hydrogens is 510 g/mol. The molecule has 204 valence electrons. The van der Waals surface area contributed by atoms with Gasteiger partial charge in [0.15, 0.2) is 6.79 Å². The first-order valence-electron chi connectivity index (χ1n) is 12.4. The Balaban J connectivity index is 1.33. The van der Waals surface area contributed by atoms with E-state index in [1.807, 2.05) is 4.90 Å². The number of amides is 1. The molecule has 0 saturated carbocycles. The second kappa shape index (κ2) is 10.5. The molecule has 38 heavy (non-hydrogen) atoms. The lowest BCUT2D eigenvalue weighted by Gasteiger charge is -2.51. The molecule has 2 aromatic rings. The first-order chi connectivity index (χ1) is 18.1. The van der Waals surface area contributed by atoms with Gasteiger partial charge in [0.05, 0.1) is 6.61 Å². The molecule has 1 aromatic heterocycles. The Bertz CT molecular complexity index is 1190. The molecule has 1 unspecified atom stereocenters. The molecule has 12 heteroatoms. The summed E-state index contributed by atoms with van der Waals surface area (Å²) in [5, 5.41) is 0. The van der Waals surface area contributed by atoms with Crippen LogP contribution in [0.15, 0.2) is 36.7 Å².